The summed E-state index contributed by atoms with van der Waals surface area (Å²) < 4.78 is 5.56. The Morgan fingerprint density at radius 1 is 1.38 bits per heavy atom. The molecule has 4 heteroatoms. The first kappa shape index (κ1) is 14.3. The molecule has 0 aliphatic carbocycles. The van der Waals surface area contributed by atoms with E-state index in [9.17, 15) is 0 Å². The number of nitrogens with zero attached hydrogens (tertiary/aromatic N) is 2. The average molecular weight is 285 g/mol. The van der Waals surface area contributed by atoms with Crippen molar-refractivity contribution in [3.05, 3.63) is 36.0 Å². The van der Waals surface area contributed by atoms with Gasteiger partial charge in [0.1, 0.15) is 0 Å². The van der Waals surface area contributed by atoms with Crippen molar-refractivity contribution in [1.82, 2.24) is 10.3 Å². The summed E-state index contributed by atoms with van der Waals surface area (Å²) in [7, 11) is 3.77. The number of rotatable bonds is 4. The maximum atomic E-state index is 5.56. The summed E-state index contributed by atoms with van der Waals surface area (Å²) in [5.41, 5.74) is 3.44. The van der Waals surface area contributed by atoms with Crippen LogP contribution in [0.2, 0.25) is 0 Å². The van der Waals surface area contributed by atoms with Gasteiger partial charge in [0.05, 0.1) is 17.3 Å². The summed E-state index contributed by atoms with van der Waals surface area (Å²) in [5, 5.41) is 4.42. The minimum absolute atomic E-state index is 0.332. The molecule has 0 amide bonds. The third-order valence-corrected chi connectivity index (χ3v) is 4.16. The van der Waals surface area contributed by atoms with Crippen molar-refractivity contribution in [1.29, 1.82) is 0 Å². The largest absolute Gasteiger partial charge is 0.380 e. The fourth-order valence-electron chi connectivity index (χ4n) is 3.09. The number of pyridine rings is 1. The van der Waals surface area contributed by atoms with Crippen molar-refractivity contribution in [3.8, 4) is 0 Å². The van der Waals surface area contributed by atoms with Crippen molar-refractivity contribution in [2.24, 2.45) is 0 Å². The molecule has 21 heavy (non-hydrogen) atoms. The van der Waals surface area contributed by atoms with Crippen LogP contribution in [-0.2, 0) is 11.3 Å². The molecule has 3 rings (SSSR count). The summed E-state index contributed by atoms with van der Waals surface area (Å²) in [5.74, 6) is 0. The number of anilines is 1. The van der Waals surface area contributed by atoms with Crippen LogP contribution in [0.1, 0.15) is 18.5 Å². The van der Waals surface area contributed by atoms with Crippen LogP contribution in [0, 0.1) is 0 Å². The summed E-state index contributed by atoms with van der Waals surface area (Å²) >= 11 is 0. The second-order valence-electron chi connectivity index (χ2n) is 5.63. The van der Waals surface area contributed by atoms with E-state index in [1.165, 1.54) is 17.5 Å². The number of piperidine rings is 1. The van der Waals surface area contributed by atoms with Crippen LogP contribution in [0.3, 0.4) is 0 Å². The van der Waals surface area contributed by atoms with Crippen LogP contribution >= 0.6 is 0 Å². The molecule has 0 saturated carbocycles. The van der Waals surface area contributed by atoms with Crippen LogP contribution in [0.25, 0.3) is 10.9 Å². The van der Waals surface area contributed by atoms with Gasteiger partial charge < -0.3 is 15.0 Å². The maximum absolute atomic E-state index is 5.56. The van der Waals surface area contributed by atoms with Gasteiger partial charge in [-0.1, -0.05) is 18.2 Å². The highest BCUT2D eigenvalue weighted by Gasteiger charge is 2.21. The maximum Gasteiger partial charge on any atom is 0.0746 e. The molecule has 1 aliphatic rings. The van der Waals surface area contributed by atoms with Gasteiger partial charge in [-0.15, -0.1) is 0 Å². The standard InChI is InChI=1S/C17H23N3O/c1-18-11-13-10-17(15-7-3-4-8-16(15)19-13)20-9-5-6-14(12-20)21-2/h3-4,7-8,10,14,18H,5-6,9,11-12H2,1-2H3. The van der Waals surface area contributed by atoms with Gasteiger partial charge >= 0.3 is 0 Å². The molecule has 4 nitrogen and oxygen atoms in total. The van der Waals surface area contributed by atoms with Gasteiger partial charge in [0.25, 0.3) is 0 Å². The molecule has 2 heterocycles. The van der Waals surface area contributed by atoms with Crippen molar-refractivity contribution in [3.63, 3.8) is 0 Å². The van der Waals surface area contributed by atoms with E-state index in [0.29, 0.717) is 6.10 Å². The van der Waals surface area contributed by atoms with E-state index in [0.717, 1.165) is 37.3 Å². The normalized spacial score (nSPS) is 19.1. The Labute approximate surface area is 126 Å². The summed E-state index contributed by atoms with van der Waals surface area (Å²) in [6, 6.07) is 10.6. The molecular formula is C17H23N3O. The van der Waals surface area contributed by atoms with Crippen molar-refractivity contribution >= 4 is 16.6 Å². The molecule has 1 aliphatic heterocycles. The monoisotopic (exact) mass is 285 g/mol. The molecule has 0 spiro atoms. The molecule has 0 bridgehead atoms. The number of nitrogens with one attached hydrogen (secondary N) is 1. The minimum atomic E-state index is 0.332. The third kappa shape index (κ3) is 3.01. The fourth-order valence-corrected chi connectivity index (χ4v) is 3.09. The van der Waals surface area contributed by atoms with Crippen LogP contribution in [0.15, 0.2) is 30.3 Å². The van der Waals surface area contributed by atoms with Gasteiger partial charge in [-0.2, -0.15) is 0 Å². The molecule has 1 aromatic heterocycles. The van der Waals surface area contributed by atoms with Gasteiger partial charge in [0.15, 0.2) is 0 Å². The predicted octanol–water partition coefficient (Wildman–Crippen LogP) is 2.57. The zero-order valence-corrected chi connectivity index (χ0v) is 12.8. The predicted molar refractivity (Wildman–Crippen MR) is 86.8 cm³/mol. The Morgan fingerprint density at radius 2 is 2.24 bits per heavy atom. The van der Waals surface area contributed by atoms with Gasteiger partial charge in [-0.3, -0.25) is 4.98 Å². The molecular weight excluding hydrogens is 262 g/mol. The molecule has 1 fully saturated rings. The highest BCUT2D eigenvalue weighted by molar-refractivity contribution is 5.92. The third-order valence-electron chi connectivity index (χ3n) is 4.16. The Morgan fingerprint density at radius 3 is 3.05 bits per heavy atom. The van der Waals surface area contributed by atoms with E-state index in [1.54, 1.807) is 0 Å². The molecule has 1 aromatic carbocycles. The van der Waals surface area contributed by atoms with Crippen LogP contribution in [-0.4, -0.2) is 38.3 Å². The van der Waals surface area contributed by atoms with E-state index >= 15 is 0 Å². The zero-order chi connectivity index (χ0) is 14.7. The smallest absolute Gasteiger partial charge is 0.0746 e. The number of fused-ring (bicyclic) bond motifs is 1. The number of benzene rings is 1. The molecule has 1 atom stereocenters. The summed E-state index contributed by atoms with van der Waals surface area (Å²) in [4.78, 5) is 7.18. The quantitative estimate of drug-likeness (QED) is 0.937. The number of ether oxygens (including phenoxy) is 1. The number of para-hydroxylation sites is 1. The molecule has 1 unspecified atom stereocenters. The fraction of sp³-hybridized carbons (Fsp3) is 0.471. The lowest BCUT2D eigenvalue weighted by molar-refractivity contribution is 0.0894. The van der Waals surface area contributed by atoms with E-state index in [2.05, 4.69) is 40.5 Å². The Bertz CT molecular complexity index is 614. The Kier molecular flexibility index (Phi) is 4.36. The average Bonchev–Trinajstić information content (AvgIpc) is 2.54. The van der Waals surface area contributed by atoms with Gasteiger partial charge in [0.2, 0.25) is 0 Å². The minimum Gasteiger partial charge on any atom is -0.380 e. The number of hydrogen-bond donors (Lipinski definition) is 1. The molecule has 1 N–H and O–H groups in total. The topological polar surface area (TPSA) is 37.4 Å². The van der Waals surface area contributed by atoms with Crippen LogP contribution < -0.4 is 10.2 Å². The Balaban J connectivity index is 2.02. The summed E-state index contributed by atoms with van der Waals surface area (Å²) in [6.07, 6.45) is 2.66. The second-order valence-corrected chi connectivity index (χ2v) is 5.63. The van der Waals surface area contributed by atoms with Gasteiger partial charge in [0, 0.05) is 37.8 Å². The number of aromatic nitrogens is 1. The number of methoxy groups -OCH3 is 1. The van der Waals surface area contributed by atoms with Crippen molar-refractivity contribution in [2.45, 2.75) is 25.5 Å². The first-order chi connectivity index (χ1) is 10.3. The van der Waals surface area contributed by atoms with E-state index in [-0.39, 0.29) is 0 Å². The summed E-state index contributed by atoms with van der Waals surface area (Å²) in [6.45, 7) is 2.84. The van der Waals surface area contributed by atoms with Crippen LogP contribution in [0.4, 0.5) is 5.69 Å². The SMILES string of the molecule is CNCc1cc(N2CCCC(OC)C2)c2ccccc2n1. The molecule has 1 saturated heterocycles. The molecule has 2 aromatic rings. The van der Waals surface area contributed by atoms with Gasteiger partial charge in [-0.05, 0) is 32.0 Å². The van der Waals surface area contributed by atoms with E-state index in [1.807, 2.05) is 14.2 Å². The molecule has 112 valence electrons. The lowest BCUT2D eigenvalue weighted by Gasteiger charge is -2.34. The zero-order valence-electron chi connectivity index (χ0n) is 12.8. The van der Waals surface area contributed by atoms with E-state index < -0.39 is 0 Å². The van der Waals surface area contributed by atoms with E-state index in [4.69, 9.17) is 9.72 Å². The number of hydrogen-bond acceptors (Lipinski definition) is 4. The first-order valence-corrected chi connectivity index (χ1v) is 7.63. The first-order valence-electron chi connectivity index (χ1n) is 7.63. The lowest BCUT2D eigenvalue weighted by atomic mass is 10.0. The second kappa shape index (κ2) is 6.41. The van der Waals surface area contributed by atoms with Gasteiger partial charge in [-0.25, -0.2) is 0 Å². The lowest BCUT2D eigenvalue weighted by Crippen LogP contribution is -2.39. The highest BCUT2D eigenvalue weighted by atomic mass is 16.5. The van der Waals surface area contributed by atoms with Crippen molar-refractivity contribution in [2.75, 3.05) is 32.1 Å². The van der Waals surface area contributed by atoms with Crippen LogP contribution in [0.5, 0.6) is 0 Å². The Hall–Kier alpha value is -1.65. The highest BCUT2D eigenvalue weighted by Crippen LogP contribution is 2.29. The molecule has 0 radical (unpaired) electrons. The van der Waals surface area contributed by atoms with Crippen molar-refractivity contribution < 1.29 is 4.74 Å².